The van der Waals surface area contributed by atoms with Crippen LogP contribution in [0.4, 0.5) is 13.2 Å². The van der Waals surface area contributed by atoms with Crippen LogP contribution in [0.25, 0.3) is 0 Å². The predicted molar refractivity (Wildman–Crippen MR) is 59.8 cm³/mol. The second-order valence-corrected chi connectivity index (χ2v) is 3.74. The summed E-state index contributed by atoms with van der Waals surface area (Å²) in [6.07, 6.45) is -3.90. The number of ether oxygens (including phenoxy) is 1. The van der Waals surface area contributed by atoms with Gasteiger partial charge in [0.25, 0.3) is 0 Å². The lowest BCUT2D eigenvalue weighted by molar-refractivity contribution is -0.138. The molecule has 1 N–H and O–H groups in total. The standard InChI is InChI=1S/C10H9F3O.C2H7N/c11-10(12,13)9-3-1-2-7-6-14-5-4-8(7)9;1-3-2/h1-3H,4-6H2;3H,1-2H3. The molecule has 1 aliphatic heterocycles. The zero-order chi connectivity index (χ0) is 12.9. The number of rotatable bonds is 0. The molecule has 2 nitrogen and oxygen atoms in total. The fourth-order valence-electron chi connectivity index (χ4n) is 1.69. The van der Waals surface area contributed by atoms with Crippen LogP contribution in [0.5, 0.6) is 0 Å². The third kappa shape index (κ3) is 3.71. The van der Waals surface area contributed by atoms with Crippen molar-refractivity contribution in [3.05, 3.63) is 34.9 Å². The van der Waals surface area contributed by atoms with Gasteiger partial charge in [-0.05, 0) is 37.7 Å². The predicted octanol–water partition coefficient (Wildman–Crippen LogP) is 2.61. The third-order valence-electron chi connectivity index (χ3n) is 2.33. The smallest absolute Gasteiger partial charge is 0.376 e. The molecule has 1 aliphatic rings. The van der Waals surface area contributed by atoms with E-state index in [2.05, 4.69) is 5.32 Å². The Bertz CT molecular complexity index is 363. The van der Waals surface area contributed by atoms with Gasteiger partial charge in [0.2, 0.25) is 0 Å². The van der Waals surface area contributed by atoms with Gasteiger partial charge < -0.3 is 10.1 Å². The third-order valence-corrected chi connectivity index (χ3v) is 2.33. The quantitative estimate of drug-likeness (QED) is 0.761. The van der Waals surface area contributed by atoms with E-state index in [1.165, 1.54) is 6.07 Å². The van der Waals surface area contributed by atoms with E-state index in [0.717, 1.165) is 6.07 Å². The molecule has 0 aliphatic carbocycles. The molecule has 0 aromatic heterocycles. The van der Waals surface area contributed by atoms with Crippen LogP contribution in [-0.4, -0.2) is 20.7 Å². The molecule has 0 bridgehead atoms. The van der Waals surface area contributed by atoms with E-state index in [0.29, 0.717) is 30.8 Å². The van der Waals surface area contributed by atoms with Crippen LogP contribution in [0, 0.1) is 0 Å². The molecule has 17 heavy (non-hydrogen) atoms. The molecule has 1 aromatic carbocycles. The van der Waals surface area contributed by atoms with Crippen molar-refractivity contribution in [2.45, 2.75) is 19.2 Å². The van der Waals surface area contributed by atoms with E-state index < -0.39 is 11.7 Å². The van der Waals surface area contributed by atoms with Crippen molar-refractivity contribution < 1.29 is 17.9 Å². The van der Waals surface area contributed by atoms with Crippen LogP contribution in [0.15, 0.2) is 18.2 Å². The van der Waals surface area contributed by atoms with Crippen molar-refractivity contribution in [3.63, 3.8) is 0 Å². The fraction of sp³-hybridized carbons (Fsp3) is 0.500. The van der Waals surface area contributed by atoms with Crippen molar-refractivity contribution in [1.82, 2.24) is 5.32 Å². The minimum Gasteiger partial charge on any atom is -0.376 e. The lowest BCUT2D eigenvalue weighted by Crippen LogP contribution is -2.17. The molecule has 1 aromatic rings. The Balaban J connectivity index is 0.000000437. The van der Waals surface area contributed by atoms with Gasteiger partial charge in [0.05, 0.1) is 18.8 Å². The summed E-state index contributed by atoms with van der Waals surface area (Å²) in [5.74, 6) is 0. The topological polar surface area (TPSA) is 21.3 Å². The second-order valence-electron chi connectivity index (χ2n) is 3.74. The summed E-state index contributed by atoms with van der Waals surface area (Å²) >= 11 is 0. The lowest BCUT2D eigenvalue weighted by Gasteiger charge is -2.20. The Morgan fingerprint density at radius 1 is 1.24 bits per heavy atom. The van der Waals surface area contributed by atoms with Gasteiger partial charge in [-0.2, -0.15) is 13.2 Å². The summed E-state index contributed by atoms with van der Waals surface area (Å²) in [4.78, 5) is 0. The molecule has 0 spiro atoms. The molecular weight excluding hydrogens is 231 g/mol. The van der Waals surface area contributed by atoms with Crippen LogP contribution in [-0.2, 0) is 23.9 Å². The Morgan fingerprint density at radius 2 is 1.88 bits per heavy atom. The summed E-state index contributed by atoms with van der Waals surface area (Å²) in [5, 5.41) is 2.75. The zero-order valence-corrected chi connectivity index (χ0v) is 9.90. The van der Waals surface area contributed by atoms with Crippen molar-refractivity contribution >= 4 is 0 Å². The van der Waals surface area contributed by atoms with Crippen molar-refractivity contribution in [1.29, 1.82) is 0 Å². The van der Waals surface area contributed by atoms with E-state index >= 15 is 0 Å². The number of benzene rings is 1. The number of hydrogen-bond acceptors (Lipinski definition) is 2. The van der Waals surface area contributed by atoms with Crippen LogP contribution < -0.4 is 5.32 Å². The molecule has 2 rings (SSSR count). The minimum atomic E-state index is -4.25. The first-order valence-corrected chi connectivity index (χ1v) is 5.35. The largest absolute Gasteiger partial charge is 0.416 e. The van der Waals surface area contributed by atoms with Gasteiger partial charge in [-0.3, -0.25) is 0 Å². The average molecular weight is 247 g/mol. The monoisotopic (exact) mass is 247 g/mol. The van der Waals surface area contributed by atoms with E-state index in [1.807, 2.05) is 14.1 Å². The highest BCUT2D eigenvalue weighted by molar-refractivity contribution is 5.37. The number of nitrogens with one attached hydrogen (secondary N) is 1. The molecular formula is C12H16F3NO. The van der Waals surface area contributed by atoms with Gasteiger partial charge in [0, 0.05) is 0 Å². The van der Waals surface area contributed by atoms with Gasteiger partial charge in [-0.1, -0.05) is 12.1 Å². The first-order chi connectivity index (χ1) is 8.00. The van der Waals surface area contributed by atoms with Crippen LogP contribution >= 0.6 is 0 Å². The molecule has 5 heteroatoms. The Morgan fingerprint density at radius 3 is 2.47 bits per heavy atom. The maximum atomic E-state index is 12.5. The molecule has 1 heterocycles. The molecule has 0 fully saturated rings. The lowest BCUT2D eigenvalue weighted by atomic mass is 9.97. The molecule has 0 amide bonds. The highest BCUT2D eigenvalue weighted by Crippen LogP contribution is 2.34. The van der Waals surface area contributed by atoms with Gasteiger partial charge in [-0.15, -0.1) is 0 Å². The van der Waals surface area contributed by atoms with E-state index in [4.69, 9.17) is 4.74 Å². The minimum absolute atomic E-state index is 0.291. The van der Waals surface area contributed by atoms with Gasteiger partial charge in [0.15, 0.2) is 0 Å². The Hall–Kier alpha value is -1.07. The van der Waals surface area contributed by atoms with Crippen LogP contribution in [0.3, 0.4) is 0 Å². The summed E-state index contributed by atoms with van der Waals surface area (Å²) < 4.78 is 42.7. The highest BCUT2D eigenvalue weighted by atomic mass is 19.4. The molecule has 0 saturated carbocycles. The number of fused-ring (bicyclic) bond motifs is 1. The van der Waals surface area contributed by atoms with Crippen molar-refractivity contribution in [2.24, 2.45) is 0 Å². The first-order valence-electron chi connectivity index (χ1n) is 5.35. The highest BCUT2D eigenvalue weighted by Gasteiger charge is 2.34. The summed E-state index contributed by atoms with van der Waals surface area (Å²) in [5.41, 5.74) is 0.538. The number of hydrogen-bond donors (Lipinski definition) is 1. The maximum absolute atomic E-state index is 12.5. The van der Waals surface area contributed by atoms with Gasteiger partial charge >= 0.3 is 6.18 Å². The molecule has 0 unspecified atom stereocenters. The van der Waals surface area contributed by atoms with Crippen LogP contribution in [0.2, 0.25) is 0 Å². The summed E-state index contributed by atoms with van der Waals surface area (Å²) in [7, 11) is 3.75. The zero-order valence-electron chi connectivity index (χ0n) is 9.90. The van der Waals surface area contributed by atoms with E-state index in [9.17, 15) is 13.2 Å². The summed E-state index contributed by atoms with van der Waals surface area (Å²) in [6.45, 7) is 0.666. The second kappa shape index (κ2) is 6.02. The Kier molecular flexibility index (Phi) is 4.96. The normalized spacial score (nSPS) is 14.6. The number of alkyl halides is 3. The van der Waals surface area contributed by atoms with Crippen molar-refractivity contribution in [2.75, 3.05) is 20.7 Å². The van der Waals surface area contributed by atoms with Crippen molar-refractivity contribution in [3.8, 4) is 0 Å². The van der Waals surface area contributed by atoms with E-state index in [1.54, 1.807) is 6.07 Å². The number of halogens is 3. The molecule has 0 saturated heterocycles. The average Bonchev–Trinajstić information content (AvgIpc) is 2.28. The fourth-order valence-corrected chi connectivity index (χ4v) is 1.69. The van der Waals surface area contributed by atoms with Gasteiger partial charge in [-0.25, -0.2) is 0 Å². The SMILES string of the molecule is CNC.FC(F)(F)c1cccc2c1CCOC2. The van der Waals surface area contributed by atoms with Crippen LogP contribution in [0.1, 0.15) is 16.7 Å². The summed E-state index contributed by atoms with van der Waals surface area (Å²) in [6, 6.07) is 4.24. The molecule has 0 atom stereocenters. The molecule has 96 valence electrons. The first kappa shape index (κ1) is 14.0. The maximum Gasteiger partial charge on any atom is 0.416 e. The Labute approximate surface area is 98.8 Å². The molecule has 0 radical (unpaired) electrons. The van der Waals surface area contributed by atoms with Gasteiger partial charge in [0.1, 0.15) is 0 Å². The van der Waals surface area contributed by atoms with E-state index in [-0.39, 0.29) is 0 Å².